The summed E-state index contributed by atoms with van der Waals surface area (Å²) in [5.74, 6) is 0. The van der Waals surface area contributed by atoms with Crippen molar-refractivity contribution in [2.75, 3.05) is 13.1 Å². The van der Waals surface area contributed by atoms with Gasteiger partial charge >= 0.3 is 0 Å². The summed E-state index contributed by atoms with van der Waals surface area (Å²) >= 11 is 7.52. The van der Waals surface area contributed by atoms with E-state index in [9.17, 15) is 0 Å². The number of nitrogens with one attached hydrogen (secondary N) is 1. The molecule has 3 nitrogen and oxygen atoms in total. The molecule has 1 heterocycles. The highest BCUT2D eigenvalue weighted by atomic mass is 35.5. The van der Waals surface area contributed by atoms with Crippen LogP contribution in [0.15, 0.2) is 24.3 Å². The van der Waals surface area contributed by atoms with Crippen LogP contribution in [-0.4, -0.2) is 23.3 Å². The Hall–Kier alpha value is -0.970. The molecule has 0 saturated carbocycles. The van der Waals surface area contributed by atoms with Gasteiger partial charge in [0.25, 0.3) is 0 Å². The molecule has 0 aliphatic rings. The summed E-state index contributed by atoms with van der Waals surface area (Å²) in [6, 6.07) is 7.71. The second kappa shape index (κ2) is 6.83. The Labute approximate surface area is 116 Å². The fourth-order valence-corrected chi connectivity index (χ4v) is 2.62. The highest BCUT2D eigenvalue weighted by Crippen LogP contribution is 2.25. The molecule has 96 valence electrons. The molecule has 0 unspecified atom stereocenters. The van der Waals surface area contributed by atoms with Gasteiger partial charge in [-0.05, 0) is 31.6 Å². The minimum Gasteiger partial charge on any atom is -0.317 e. The third-order valence-electron chi connectivity index (χ3n) is 2.55. The van der Waals surface area contributed by atoms with Crippen LogP contribution in [-0.2, 0) is 6.42 Å². The molecule has 0 bridgehead atoms. The highest BCUT2D eigenvalue weighted by molar-refractivity contribution is 7.14. The Morgan fingerprint density at radius 2 is 2.00 bits per heavy atom. The second-order valence-electron chi connectivity index (χ2n) is 3.96. The van der Waals surface area contributed by atoms with E-state index in [1.165, 1.54) is 0 Å². The molecule has 5 heteroatoms. The van der Waals surface area contributed by atoms with Gasteiger partial charge in [0, 0.05) is 17.0 Å². The van der Waals surface area contributed by atoms with Gasteiger partial charge in [0.2, 0.25) is 0 Å². The lowest BCUT2D eigenvalue weighted by Gasteiger charge is -1.97. The molecule has 0 spiro atoms. The third kappa shape index (κ3) is 3.77. The number of benzene rings is 1. The summed E-state index contributed by atoms with van der Waals surface area (Å²) in [7, 11) is 0. The first-order valence-corrected chi connectivity index (χ1v) is 7.28. The van der Waals surface area contributed by atoms with Crippen molar-refractivity contribution < 1.29 is 0 Å². The molecule has 0 saturated heterocycles. The summed E-state index contributed by atoms with van der Waals surface area (Å²) in [5.41, 5.74) is 1.08. The molecule has 0 fully saturated rings. The highest BCUT2D eigenvalue weighted by Gasteiger charge is 2.06. The van der Waals surface area contributed by atoms with Gasteiger partial charge in [-0.2, -0.15) is 0 Å². The molecular formula is C13H16ClN3S. The van der Waals surface area contributed by atoms with Crippen LogP contribution >= 0.6 is 22.9 Å². The van der Waals surface area contributed by atoms with E-state index in [0.717, 1.165) is 46.5 Å². The van der Waals surface area contributed by atoms with Crippen molar-refractivity contribution >= 4 is 22.9 Å². The lowest BCUT2D eigenvalue weighted by Crippen LogP contribution is -2.14. The maximum atomic E-state index is 5.86. The predicted molar refractivity (Wildman–Crippen MR) is 77.2 cm³/mol. The van der Waals surface area contributed by atoms with Crippen LogP contribution < -0.4 is 5.32 Å². The monoisotopic (exact) mass is 281 g/mol. The van der Waals surface area contributed by atoms with Gasteiger partial charge in [-0.15, -0.1) is 10.2 Å². The second-order valence-corrected chi connectivity index (χ2v) is 5.46. The number of hydrogen-bond donors (Lipinski definition) is 1. The SMILES string of the molecule is CCNCCCc1nnc(-c2ccc(Cl)cc2)s1. The molecule has 0 amide bonds. The lowest BCUT2D eigenvalue weighted by atomic mass is 10.2. The van der Waals surface area contributed by atoms with Crippen LogP contribution in [0.3, 0.4) is 0 Å². The third-order valence-corrected chi connectivity index (χ3v) is 3.84. The Kier molecular flexibility index (Phi) is 5.11. The number of rotatable bonds is 6. The smallest absolute Gasteiger partial charge is 0.147 e. The Morgan fingerprint density at radius 3 is 2.72 bits per heavy atom. The normalized spacial score (nSPS) is 10.8. The molecule has 1 aromatic heterocycles. The van der Waals surface area contributed by atoms with Gasteiger partial charge in [-0.1, -0.05) is 42.0 Å². The van der Waals surface area contributed by atoms with Gasteiger partial charge in [0.1, 0.15) is 10.0 Å². The van der Waals surface area contributed by atoms with E-state index < -0.39 is 0 Å². The van der Waals surface area contributed by atoms with Crippen LogP contribution in [0.5, 0.6) is 0 Å². The molecule has 0 radical (unpaired) electrons. The van der Waals surface area contributed by atoms with Crippen LogP contribution in [0.1, 0.15) is 18.4 Å². The average molecular weight is 282 g/mol. The largest absolute Gasteiger partial charge is 0.317 e. The molecule has 2 rings (SSSR count). The van der Waals surface area contributed by atoms with Crippen molar-refractivity contribution in [2.24, 2.45) is 0 Å². The molecule has 1 aromatic carbocycles. The van der Waals surface area contributed by atoms with E-state index in [1.54, 1.807) is 11.3 Å². The summed E-state index contributed by atoms with van der Waals surface area (Å²) in [6.45, 7) is 4.17. The molecule has 0 aliphatic carbocycles. The maximum Gasteiger partial charge on any atom is 0.147 e. The average Bonchev–Trinajstić information content (AvgIpc) is 2.84. The van der Waals surface area contributed by atoms with E-state index in [1.807, 2.05) is 24.3 Å². The lowest BCUT2D eigenvalue weighted by molar-refractivity contribution is 0.669. The molecule has 1 N–H and O–H groups in total. The number of aromatic nitrogens is 2. The van der Waals surface area contributed by atoms with E-state index in [2.05, 4.69) is 22.4 Å². The summed E-state index contributed by atoms with van der Waals surface area (Å²) in [4.78, 5) is 0. The zero-order valence-corrected chi connectivity index (χ0v) is 11.9. The van der Waals surface area contributed by atoms with Crippen LogP contribution in [0.2, 0.25) is 5.02 Å². The van der Waals surface area contributed by atoms with Crippen LogP contribution in [0.25, 0.3) is 10.6 Å². The van der Waals surface area contributed by atoms with Gasteiger partial charge in [0.05, 0.1) is 0 Å². The van der Waals surface area contributed by atoms with Crippen molar-refractivity contribution in [1.29, 1.82) is 0 Å². The fraction of sp³-hybridized carbons (Fsp3) is 0.385. The first-order chi connectivity index (χ1) is 8.79. The minimum absolute atomic E-state index is 0.745. The molecular weight excluding hydrogens is 266 g/mol. The van der Waals surface area contributed by atoms with E-state index in [4.69, 9.17) is 11.6 Å². The zero-order chi connectivity index (χ0) is 12.8. The number of nitrogens with zero attached hydrogens (tertiary/aromatic N) is 2. The number of halogens is 1. The van der Waals surface area contributed by atoms with Gasteiger partial charge in [-0.25, -0.2) is 0 Å². The summed E-state index contributed by atoms with van der Waals surface area (Å²) in [5, 5.41) is 14.5. The van der Waals surface area contributed by atoms with Crippen molar-refractivity contribution in [1.82, 2.24) is 15.5 Å². The van der Waals surface area contributed by atoms with Crippen molar-refractivity contribution in [3.63, 3.8) is 0 Å². The Morgan fingerprint density at radius 1 is 1.22 bits per heavy atom. The van der Waals surface area contributed by atoms with Crippen molar-refractivity contribution in [3.05, 3.63) is 34.3 Å². The van der Waals surface area contributed by atoms with Crippen LogP contribution in [0, 0.1) is 0 Å². The Bertz CT molecular complexity index is 481. The molecule has 2 aromatic rings. The van der Waals surface area contributed by atoms with E-state index in [0.29, 0.717) is 0 Å². The topological polar surface area (TPSA) is 37.8 Å². The maximum absolute atomic E-state index is 5.86. The van der Waals surface area contributed by atoms with E-state index >= 15 is 0 Å². The minimum atomic E-state index is 0.745. The number of hydrogen-bond acceptors (Lipinski definition) is 4. The van der Waals surface area contributed by atoms with Crippen LogP contribution in [0.4, 0.5) is 0 Å². The van der Waals surface area contributed by atoms with Gasteiger partial charge < -0.3 is 5.32 Å². The van der Waals surface area contributed by atoms with Crippen molar-refractivity contribution in [3.8, 4) is 10.6 Å². The van der Waals surface area contributed by atoms with Gasteiger partial charge in [-0.3, -0.25) is 0 Å². The summed E-state index contributed by atoms with van der Waals surface area (Å²) < 4.78 is 0. The first kappa shape index (κ1) is 13.5. The standard InChI is InChI=1S/C13H16ClN3S/c1-2-15-9-3-4-12-16-17-13(18-12)10-5-7-11(14)8-6-10/h5-8,15H,2-4,9H2,1H3. The molecule has 0 atom stereocenters. The zero-order valence-electron chi connectivity index (χ0n) is 10.3. The fourth-order valence-electron chi connectivity index (χ4n) is 1.61. The van der Waals surface area contributed by atoms with E-state index in [-0.39, 0.29) is 0 Å². The van der Waals surface area contributed by atoms with Gasteiger partial charge in [0.15, 0.2) is 0 Å². The Balaban J connectivity index is 1.95. The predicted octanol–water partition coefficient (Wildman–Crippen LogP) is 3.40. The number of aryl methyl sites for hydroxylation is 1. The molecule has 18 heavy (non-hydrogen) atoms. The first-order valence-electron chi connectivity index (χ1n) is 6.08. The molecule has 0 aliphatic heterocycles. The summed E-state index contributed by atoms with van der Waals surface area (Å²) in [6.07, 6.45) is 2.08. The van der Waals surface area contributed by atoms with Crippen molar-refractivity contribution in [2.45, 2.75) is 19.8 Å². The quantitative estimate of drug-likeness (QED) is 0.825.